The molecule has 1 unspecified atom stereocenters. The Kier molecular flexibility index (Phi) is 3.78. The predicted octanol–water partition coefficient (Wildman–Crippen LogP) is 3.64. The van der Waals surface area contributed by atoms with Crippen molar-refractivity contribution in [1.82, 2.24) is 4.98 Å². The van der Waals surface area contributed by atoms with E-state index in [1.807, 2.05) is 0 Å². The highest BCUT2D eigenvalue weighted by atomic mass is 35.5. The summed E-state index contributed by atoms with van der Waals surface area (Å²) in [5.41, 5.74) is 0. The Morgan fingerprint density at radius 1 is 1.50 bits per heavy atom. The van der Waals surface area contributed by atoms with Crippen molar-refractivity contribution < 1.29 is 4.39 Å². The zero-order valence-corrected chi connectivity index (χ0v) is 9.67. The first kappa shape index (κ1) is 11.4. The summed E-state index contributed by atoms with van der Waals surface area (Å²) < 4.78 is 13.4. The standard InChI is InChI=1S/C12H14ClFN2/c13-10-6-11(14)12(16-8-10)15-7-9-4-2-1-3-5-9/h1-2,6,8-9H,3-5,7H2,(H,15,16). The van der Waals surface area contributed by atoms with Crippen LogP contribution in [0.1, 0.15) is 19.3 Å². The average molecular weight is 241 g/mol. The Balaban J connectivity index is 1.91. The number of aromatic nitrogens is 1. The Hall–Kier alpha value is -1.09. The van der Waals surface area contributed by atoms with Crippen molar-refractivity contribution in [3.8, 4) is 0 Å². The summed E-state index contributed by atoms with van der Waals surface area (Å²) in [5.74, 6) is 0.472. The third-order valence-electron chi connectivity index (χ3n) is 2.74. The molecule has 1 aromatic heterocycles. The molecular weight excluding hydrogens is 227 g/mol. The smallest absolute Gasteiger partial charge is 0.166 e. The summed E-state index contributed by atoms with van der Waals surface area (Å²) in [4.78, 5) is 3.93. The number of nitrogens with zero attached hydrogens (tertiary/aromatic N) is 1. The summed E-state index contributed by atoms with van der Waals surface area (Å²) in [7, 11) is 0. The quantitative estimate of drug-likeness (QED) is 0.816. The SMILES string of the molecule is Fc1cc(Cl)cnc1NCC1CC=CCC1. The number of rotatable bonds is 3. The van der Waals surface area contributed by atoms with Gasteiger partial charge in [0.25, 0.3) is 0 Å². The van der Waals surface area contributed by atoms with Crippen LogP contribution in [0.25, 0.3) is 0 Å². The molecule has 2 nitrogen and oxygen atoms in total. The van der Waals surface area contributed by atoms with Gasteiger partial charge in [0.15, 0.2) is 11.6 Å². The normalized spacial score (nSPS) is 19.8. The summed E-state index contributed by atoms with van der Waals surface area (Å²) in [6.07, 6.45) is 9.15. The minimum Gasteiger partial charge on any atom is -0.367 e. The molecule has 86 valence electrons. The first-order valence-electron chi connectivity index (χ1n) is 5.45. The van der Waals surface area contributed by atoms with Gasteiger partial charge < -0.3 is 5.32 Å². The van der Waals surface area contributed by atoms with Gasteiger partial charge in [-0.05, 0) is 31.2 Å². The van der Waals surface area contributed by atoms with E-state index in [1.54, 1.807) is 0 Å². The first-order chi connectivity index (χ1) is 7.75. The first-order valence-corrected chi connectivity index (χ1v) is 5.83. The number of halogens is 2. The Labute approximate surface area is 99.5 Å². The fraction of sp³-hybridized carbons (Fsp3) is 0.417. The van der Waals surface area contributed by atoms with E-state index in [1.165, 1.54) is 12.3 Å². The molecule has 0 saturated carbocycles. The molecule has 1 heterocycles. The second-order valence-corrected chi connectivity index (χ2v) is 4.45. The van der Waals surface area contributed by atoms with Crippen LogP contribution in [-0.2, 0) is 0 Å². The van der Waals surface area contributed by atoms with Crippen LogP contribution in [0, 0.1) is 11.7 Å². The van der Waals surface area contributed by atoms with E-state index in [0.29, 0.717) is 16.8 Å². The Morgan fingerprint density at radius 3 is 3.06 bits per heavy atom. The van der Waals surface area contributed by atoms with Gasteiger partial charge in [-0.3, -0.25) is 0 Å². The van der Waals surface area contributed by atoms with Crippen LogP contribution in [0.3, 0.4) is 0 Å². The van der Waals surface area contributed by atoms with Crippen LogP contribution in [0.5, 0.6) is 0 Å². The summed E-state index contributed by atoms with van der Waals surface area (Å²) in [6.45, 7) is 0.760. The molecule has 1 atom stereocenters. The maximum Gasteiger partial charge on any atom is 0.166 e. The lowest BCUT2D eigenvalue weighted by atomic mass is 9.94. The average Bonchev–Trinajstić information content (AvgIpc) is 2.29. The van der Waals surface area contributed by atoms with E-state index in [-0.39, 0.29) is 5.82 Å². The van der Waals surface area contributed by atoms with E-state index in [9.17, 15) is 4.39 Å². The van der Waals surface area contributed by atoms with Crippen LogP contribution in [0.2, 0.25) is 5.02 Å². The molecule has 1 N–H and O–H groups in total. The highest BCUT2D eigenvalue weighted by molar-refractivity contribution is 6.30. The van der Waals surface area contributed by atoms with Crippen molar-refractivity contribution in [3.05, 3.63) is 35.3 Å². The fourth-order valence-electron chi connectivity index (χ4n) is 1.83. The molecule has 1 aromatic rings. The van der Waals surface area contributed by atoms with Gasteiger partial charge in [0.2, 0.25) is 0 Å². The van der Waals surface area contributed by atoms with Crippen LogP contribution in [-0.4, -0.2) is 11.5 Å². The van der Waals surface area contributed by atoms with Crippen LogP contribution in [0.4, 0.5) is 10.2 Å². The Morgan fingerprint density at radius 2 is 2.38 bits per heavy atom. The van der Waals surface area contributed by atoms with E-state index < -0.39 is 0 Å². The van der Waals surface area contributed by atoms with Crippen molar-refractivity contribution in [2.75, 3.05) is 11.9 Å². The number of allylic oxidation sites excluding steroid dienone is 2. The highest BCUT2D eigenvalue weighted by Crippen LogP contribution is 2.20. The highest BCUT2D eigenvalue weighted by Gasteiger charge is 2.11. The molecule has 0 fully saturated rings. The maximum absolute atomic E-state index is 13.4. The van der Waals surface area contributed by atoms with Crippen molar-refractivity contribution in [2.24, 2.45) is 5.92 Å². The number of nitrogens with one attached hydrogen (secondary N) is 1. The molecule has 1 aliphatic rings. The minimum absolute atomic E-state index is 0.291. The molecule has 0 spiro atoms. The lowest BCUT2D eigenvalue weighted by Gasteiger charge is -2.18. The van der Waals surface area contributed by atoms with Gasteiger partial charge in [0.1, 0.15) is 0 Å². The van der Waals surface area contributed by atoms with Crippen LogP contribution < -0.4 is 5.32 Å². The third-order valence-corrected chi connectivity index (χ3v) is 2.95. The van der Waals surface area contributed by atoms with Gasteiger partial charge in [-0.2, -0.15) is 0 Å². The molecule has 4 heteroatoms. The van der Waals surface area contributed by atoms with Gasteiger partial charge in [-0.25, -0.2) is 9.37 Å². The molecule has 2 rings (SSSR count). The van der Waals surface area contributed by atoms with Crippen molar-refractivity contribution >= 4 is 17.4 Å². The number of anilines is 1. The van der Waals surface area contributed by atoms with E-state index in [2.05, 4.69) is 22.5 Å². The zero-order chi connectivity index (χ0) is 11.4. The topological polar surface area (TPSA) is 24.9 Å². The van der Waals surface area contributed by atoms with Crippen molar-refractivity contribution in [2.45, 2.75) is 19.3 Å². The third kappa shape index (κ3) is 2.95. The monoisotopic (exact) mass is 240 g/mol. The van der Waals surface area contributed by atoms with Gasteiger partial charge in [-0.15, -0.1) is 0 Å². The van der Waals surface area contributed by atoms with Crippen LogP contribution >= 0.6 is 11.6 Å². The zero-order valence-electron chi connectivity index (χ0n) is 8.92. The van der Waals surface area contributed by atoms with Gasteiger partial charge in [0.05, 0.1) is 5.02 Å². The minimum atomic E-state index is -0.390. The van der Waals surface area contributed by atoms with E-state index in [4.69, 9.17) is 11.6 Å². The lowest BCUT2D eigenvalue weighted by molar-refractivity contribution is 0.501. The van der Waals surface area contributed by atoms with E-state index in [0.717, 1.165) is 25.8 Å². The van der Waals surface area contributed by atoms with Crippen LogP contribution in [0.15, 0.2) is 24.4 Å². The molecule has 0 saturated heterocycles. The molecule has 0 amide bonds. The lowest BCUT2D eigenvalue weighted by Crippen LogP contribution is -2.16. The second kappa shape index (κ2) is 5.30. The van der Waals surface area contributed by atoms with Crippen molar-refractivity contribution in [1.29, 1.82) is 0 Å². The molecule has 0 aliphatic heterocycles. The Bertz CT molecular complexity index is 393. The molecular formula is C12H14ClFN2. The second-order valence-electron chi connectivity index (χ2n) is 4.02. The molecule has 0 bridgehead atoms. The molecule has 0 radical (unpaired) electrons. The summed E-state index contributed by atoms with van der Waals surface area (Å²) in [5, 5.41) is 3.35. The number of pyridine rings is 1. The summed E-state index contributed by atoms with van der Waals surface area (Å²) in [6, 6.07) is 1.28. The van der Waals surface area contributed by atoms with Gasteiger partial charge in [-0.1, -0.05) is 23.8 Å². The number of hydrogen-bond donors (Lipinski definition) is 1. The summed E-state index contributed by atoms with van der Waals surface area (Å²) >= 11 is 5.63. The number of hydrogen-bond acceptors (Lipinski definition) is 2. The molecule has 1 aliphatic carbocycles. The fourth-order valence-corrected chi connectivity index (χ4v) is 1.97. The van der Waals surface area contributed by atoms with Crippen molar-refractivity contribution in [3.63, 3.8) is 0 Å². The molecule has 0 aromatic carbocycles. The molecule has 16 heavy (non-hydrogen) atoms. The largest absolute Gasteiger partial charge is 0.367 e. The van der Waals surface area contributed by atoms with Gasteiger partial charge >= 0.3 is 0 Å². The maximum atomic E-state index is 13.4. The predicted molar refractivity (Wildman–Crippen MR) is 64.2 cm³/mol. The van der Waals surface area contributed by atoms with Gasteiger partial charge in [0, 0.05) is 12.7 Å². The van der Waals surface area contributed by atoms with E-state index >= 15 is 0 Å².